The third-order valence-electron chi connectivity index (χ3n) is 1.41. The zero-order valence-electron chi connectivity index (χ0n) is 6.05. The first-order chi connectivity index (χ1) is 5.36. The Morgan fingerprint density at radius 1 is 1.36 bits per heavy atom. The molecule has 0 aromatic heterocycles. The lowest BCUT2D eigenvalue weighted by atomic mass is 10.1. The van der Waals surface area contributed by atoms with Gasteiger partial charge in [0.25, 0.3) is 0 Å². The van der Waals surface area contributed by atoms with Crippen LogP contribution in [0.2, 0.25) is 0 Å². The Morgan fingerprint density at radius 3 is 2.73 bits per heavy atom. The average Bonchev–Trinajstić information content (AvgIpc) is 2.06. The highest BCUT2D eigenvalue weighted by molar-refractivity contribution is 6.17. The van der Waals surface area contributed by atoms with Gasteiger partial charge in [0.1, 0.15) is 0 Å². The normalized spacial score (nSPS) is 9.09. The van der Waals surface area contributed by atoms with Crippen LogP contribution in [0.1, 0.15) is 11.1 Å². The summed E-state index contributed by atoms with van der Waals surface area (Å²) in [6.07, 6.45) is 0. The maximum absolute atomic E-state index is 6.66. The molecule has 0 fully saturated rings. The van der Waals surface area contributed by atoms with E-state index in [1.807, 2.05) is 24.3 Å². The average molecular weight is 166 g/mol. The van der Waals surface area contributed by atoms with E-state index >= 15 is 0 Å². The monoisotopic (exact) mass is 165 g/mol. The molecule has 0 aliphatic carbocycles. The number of hydrogen-bond donors (Lipinski definition) is 0. The van der Waals surface area contributed by atoms with E-state index in [2.05, 4.69) is 4.85 Å². The number of benzene rings is 1. The lowest BCUT2D eigenvalue weighted by Gasteiger charge is -1.95. The van der Waals surface area contributed by atoms with Crippen LogP contribution in [0.3, 0.4) is 0 Å². The molecule has 2 heteroatoms. The minimum absolute atomic E-state index is 0.449. The van der Waals surface area contributed by atoms with Gasteiger partial charge in [0, 0.05) is 11.4 Å². The highest BCUT2D eigenvalue weighted by Gasteiger charge is 1.95. The van der Waals surface area contributed by atoms with Crippen LogP contribution in [0.25, 0.3) is 4.85 Å². The molecule has 11 heavy (non-hydrogen) atoms. The smallest absolute Gasteiger partial charge is 0.239 e. The highest BCUT2D eigenvalue weighted by Crippen LogP contribution is 2.08. The Morgan fingerprint density at radius 2 is 2.09 bits per heavy atom. The van der Waals surface area contributed by atoms with Crippen LogP contribution < -0.4 is 0 Å². The Labute approximate surface area is 71.4 Å². The maximum Gasteiger partial charge on any atom is 0.239 e. The summed E-state index contributed by atoms with van der Waals surface area (Å²) in [4.78, 5) is 3.29. The maximum atomic E-state index is 6.66. The molecule has 0 amide bonds. The number of rotatable bonds is 2. The summed E-state index contributed by atoms with van der Waals surface area (Å²) in [6, 6.07) is 7.79. The van der Waals surface area contributed by atoms with Gasteiger partial charge in [-0.2, -0.15) is 0 Å². The molecule has 0 radical (unpaired) electrons. The van der Waals surface area contributed by atoms with Crippen molar-refractivity contribution in [2.45, 2.75) is 12.4 Å². The first-order valence-electron chi connectivity index (χ1n) is 3.34. The third-order valence-corrected chi connectivity index (χ3v) is 1.72. The van der Waals surface area contributed by atoms with Gasteiger partial charge >= 0.3 is 0 Å². The topological polar surface area (TPSA) is 4.36 Å². The van der Waals surface area contributed by atoms with Gasteiger partial charge in [-0.05, 0) is 11.6 Å². The lowest BCUT2D eigenvalue weighted by Crippen LogP contribution is -1.82. The fraction of sp³-hybridized carbons (Fsp3) is 0.222. The number of halogens is 1. The summed E-state index contributed by atoms with van der Waals surface area (Å²) in [7, 11) is 0. The first kappa shape index (κ1) is 8.10. The Balaban J connectivity index is 2.84. The van der Waals surface area contributed by atoms with Crippen LogP contribution in [0, 0.1) is 6.57 Å². The molecule has 0 bridgehead atoms. The largest absolute Gasteiger partial charge is 0.312 e. The summed E-state index contributed by atoms with van der Waals surface area (Å²) >= 11 is 5.62. The second-order valence-electron chi connectivity index (χ2n) is 2.27. The van der Waals surface area contributed by atoms with E-state index in [4.69, 9.17) is 18.2 Å². The van der Waals surface area contributed by atoms with Crippen LogP contribution in [0.15, 0.2) is 24.3 Å². The van der Waals surface area contributed by atoms with E-state index in [-0.39, 0.29) is 0 Å². The summed E-state index contributed by atoms with van der Waals surface area (Å²) in [6.45, 7) is 7.11. The second-order valence-corrected chi connectivity index (χ2v) is 2.54. The second kappa shape index (κ2) is 4.00. The zero-order chi connectivity index (χ0) is 8.10. The minimum Gasteiger partial charge on any atom is -0.312 e. The molecule has 0 N–H and O–H groups in total. The molecule has 1 aromatic rings. The van der Waals surface area contributed by atoms with Crippen molar-refractivity contribution in [3.8, 4) is 0 Å². The van der Waals surface area contributed by atoms with Crippen LogP contribution in [-0.2, 0) is 12.4 Å². The van der Waals surface area contributed by atoms with E-state index in [0.29, 0.717) is 12.4 Å². The quantitative estimate of drug-likeness (QED) is 0.469. The fourth-order valence-corrected chi connectivity index (χ4v) is 1.07. The fourth-order valence-electron chi connectivity index (χ4n) is 0.902. The number of alkyl halides is 1. The van der Waals surface area contributed by atoms with Crippen molar-refractivity contribution in [2.75, 3.05) is 0 Å². The van der Waals surface area contributed by atoms with Crippen molar-refractivity contribution >= 4 is 11.6 Å². The van der Waals surface area contributed by atoms with Crippen LogP contribution in [0.4, 0.5) is 0 Å². The van der Waals surface area contributed by atoms with Crippen LogP contribution in [-0.4, -0.2) is 0 Å². The van der Waals surface area contributed by atoms with Crippen LogP contribution >= 0.6 is 11.6 Å². The van der Waals surface area contributed by atoms with Crippen molar-refractivity contribution in [1.29, 1.82) is 0 Å². The molecule has 0 aliphatic heterocycles. The number of hydrogen-bond acceptors (Lipinski definition) is 0. The van der Waals surface area contributed by atoms with Gasteiger partial charge < -0.3 is 4.85 Å². The van der Waals surface area contributed by atoms with E-state index in [1.54, 1.807) is 0 Å². The third kappa shape index (κ3) is 2.25. The van der Waals surface area contributed by atoms with E-state index in [0.717, 1.165) is 11.1 Å². The lowest BCUT2D eigenvalue weighted by molar-refractivity contribution is 1.23. The van der Waals surface area contributed by atoms with Crippen molar-refractivity contribution < 1.29 is 0 Å². The summed E-state index contributed by atoms with van der Waals surface area (Å²) in [5.41, 5.74) is 2.12. The molecular weight excluding hydrogens is 158 g/mol. The molecule has 0 saturated heterocycles. The Bertz CT molecular complexity index is 275. The van der Waals surface area contributed by atoms with Gasteiger partial charge in [0.05, 0.1) is 0 Å². The molecule has 0 spiro atoms. The van der Waals surface area contributed by atoms with Gasteiger partial charge in [0.2, 0.25) is 6.54 Å². The summed E-state index contributed by atoms with van der Waals surface area (Å²) < 4.78 is 0. The standard InChI is InChI=1S/C9H8ClN/c1-11-7-9-4-2-3-8(5-9)6-10/h2-5H,6-7H2. The predicted octanol–water partition coefficient (Wildman–Crippen LogP) is 2.84. The molecular formula is C9H8ClN. The molecule has 56 valence electrons. The molecule has 0 aliphatic rings. The molecule has 0 unspecified atom stereocenters. The zero-order valence-corrected chi connectivity index (χ0v) is 6.80. The Kier molecular flexibility index (Phi) is 2.95. The van der Waals surface area contributed by atoms with Crippen LogP contribution in [0.5, 0.6) is 0 Å². The summed E-state index contributed by atoms with van der Waals surface area (Å²) in [5.74, 6) is 0.520. The van der Waals surface area contributed by atoms with Crippen molar-refractivity contribution in [3.05, 3.63) is 46.8 Å². The SMILES string of the molecule is [C-]#[N+]Cc1cccc(CCl)c1. The Hall–Kier alpha value is -1.00. The van der Waals surface area contributed by atoms with Gasteiger partial charge in [-0.15, -0.1) is 11.6 Å². The van der Waals surface area contributed by atoms with Gasteiger partial charge in [-0.1, -0.05) is 18.2 Å². The van der Waals surface area contributed by atoms with Crippen molar-refractivity contribution in [3.63, 3.8) is 0 Å². The van der Waals surface area contributed by atoms with Gasteiger partial charge in [-0.3, -0.25) is 0 Å². The van der Waals surface area contributed by atoms with E-state index < -0.39 is 0 Å². The highest BCUT2D eigenvalue weighted by atomic mass is 35.5. The van der Waals surface area contributed by atoms with E-state index in [9.17, 15) is 0 Å². The molecule has 1 aromatic carbocycles. The molecule has 0 atom stereocenters. The first-order valence-corrected chi connectivity index (χ1v) is 3.87. The summed E-state index contributed by atoms with van der Waals surface area (Å²) in [5, 5.41) is 0. The van der Waals surface area contributed by atoms with Gasteiger partial charge in [-0.25, -0.2) is 6.57 Å². The molecule has 0 heterocycles. The molecule has 1 nitrogen and oxygen atoms in total. The number of nitrogens with zero attached hydrogens (tertiary/aromatic N) is 1. The minimum atomic E-state index is 0.449. The molecule has 1 rings (SSSR count). The predicted molar refractivity (Wildman–Crippen MR) is 46.3 cm³/mol. The van der Waals surface area contributed by atoms with Gasteiger partial charge in [0.15, 0.2) is 0 Å². The van der Waals surface area contributed by atoms with E-state index in [1.165, 1.54) is 0 Å². The van der Waals surface area contributed by atoms with Crippen molar-refractivity contribution in [2.24, 2.45) is 0 Å². The molecule has 0 saturated carbocycles. The van der Waals surface area contributed by atoms with Crippen molar-refractivity contribution in [1.82, 2.24) is 0 Å².